The van der Waals surface area contributed by atoms with E-state index in [2.05, 4.69) is 0 Å². The van der Waals surface area contributed by atoms with Gasteiger partial charge in [-0.1, -0.05) is 23.5 Å². The first-order valence-electron chi connectivity index (χ1n) is 11.6. The lowest BCUT2D eigenvalue weighted by atomic mass is 10.1. The zero-order valence-electron chi connectivity index (χ0n) is 19.7. The number of hydrogen-bond acceptors (Lipinski definition) is 7. The van der Waals surface area contributed by atoms with Crippen molar-refractivity contribution in [2.24, 2.45) is 0 Å². The van der Waals surface area contributed by atoms with Crippen LogP contribution in [0, 0.1) is 0 Å². The zero-order chi connectivity index (χ0) is 24.3. The van der Waals surface area contributed by atoms with Crippen molar-refractivity contribution < 1.29 is 22.7 Å². The minimum absolute atomic E-state index is 0.0199. The Morgan fingerprint density at radius 1 is 1.24 bits per heavy atom. The first kappa shape index (κ1) is 24.6. The average Bonchev–Trinajstić information content (AvgIpc) is 3.47. The van der Waals surface area contributed by atoms with Crippen LogP contribution in [0.3, 0.4) is 0 Å². The predicted octanol–water partition coefficient (Wildman–Crippen LogP) is 4.63. The Morgan fingerprint density at radius 2 is 2.00 bits per heavy atom. The monoisotopic (exact) mass is 502 g/mol. The molecule has 0 bridgehead atoms. The van der Waals surface area contributed by atoms with Crippen molar-refractivity contribution in [2.75, 3.05) is 24.7 Å². The Kier molecular flexibility index (Phi) is 7.54. The smallest absolute Gasteiger partial charge is 0.233 e. The number of carbonyl (C=O) groups is 1. The van der Waals surface area contributed by atoms with E-state index in [0.717, 1.165) is 34.4 Å². The van der Waals surface area contributed by atoms with E-state index in [1.54, 1.807) is 43.0 Å². The fourth-order valence-electron chi connectivity index (χ4n) is 3.88. The van der Waals surface area contributed by atoms with Crippen LogP contribution in [0.25, 0.3) is 10.2 Å². The summed E-state index contributed by atoms with van der Waals surface area (Å²) in [5.41, 5.74) is 1.57. The molecule has 7 nitrogen and oxygen atoms in total. The molecule has 9 heteroatoms. The number of aromatic nitrogens is 1. The SMILES string of the molecule is CCOc1ccc2nc(N(CC3CCCO3)C(=O)Cc3ccc(S(=O)(=O)C(C)C)cc3)sc2c1. The highest BCUT2D eigenvalue weighted by atomic mass is 32.2. The molecule has 1 unspecified atom stereocenters. The zero-order valence-corrected chi connectivity index (χ0v) is 21.3. The van der Waals surface area contributed by atoms with Gasteiger partial charge in [-0.15, -0.1) is 0 Å². The number of hydrogen-bond donors (Lipinski definition) is 0. The Hall–Kier alpha value is -2.49. The lowest BCUT2D eigenvalue weighted by Gasteiger charge is -2.23. The summed E-state index contributed by atoms with van der Waals surface area (Å²) in [7, 11) is -3.35. The number of ether oxygens (including phenoxy) is 2. The number of anilines is 1. The van der Waals surface area contributed by atoms with Crippen LogP contribution < -0.4 is 9.64 Å². The first-order chi connectivity index (χ1) is 16.3. The summed E-state index contributed by atoms with van der Waals surface area (Å²) < 4.78 is 37.2. The molecule has 0 spiro atoms. The summed E-state index contributed by atoms with van der Waals surface area (Å²) in [6.07, 6.45) is 2.02. The average molecular weight is 503 g/mol. The van der Waals surface area contributed by atoms with Gasteiger partial charge in [-0.3, -0.25) is 9.69 Å². The molecule has 2 heterocycles. The van der Waals surface area contributed by atoms with Crippen molar-refractivity contribution in [3.8, 4) is 5.75 Å². The maximum Gasteiger partial charge on any atom is 0.233 e. The van der Waals surface area contributed by atoms with E-state index in [0.29, 0.717) is 24.9 Å². The molecule has 0 N–H and O–H groups in total. The van der Waals surface area contributed by atoms with E-state index in [1.165, 1.54) is 11.3 Å². The van der Waals surface area contributed by atoms with Gasteiger partial charge in [0.25, 0.3) is 0 Å². The number of thiazole rings is 1. The summed E-state index contributed by atoms with van der Waals surface area (Å²) in [6.45, 7) is 6.98. The number of sulfone groups is 1. The Labute approximate surface area is 204 Å². The molecule has 0 saturated carbocycles. The predicted molar refractivity (Wildman–Crippen MR) is 135 cm³/mol. The molecular formula is C25H30N2O5S2. The molecule has 1 aromatic heterocycles. The normalized spacial score (nSPS) is 16.3. The van der Waals surface area contributed by atoms with Crippen LogP contribution in [0.4, 0.5) is 5.13 Å². The number of nitrogens with zero attached hydrogens (tertiary/aromatic N) is 2. The van der Waals surface area contributed by atoms with Crippen molar-refractivity contribution in [1.29, 1.82) is 0 Å². The molecule has 182 valence electrons. The Bertz CT molecular complexity index is 1250. The van der Waals surface area contributed by atoms with Gasteiger partial charge in [0, 0.05) is 6.61 Å². The van der Waals surface area contributed by atoms with E-state index in [-0.39, 0.29) is 23.3 Å². The molecular weight excluding hydrogens is 472 g/mol. The minimum atomic E-state index is -3.35. The molecule has 0 aliphatic carbocycles. The van der Waals surface area contributed by atoms with E-state index in [4.69, 9.17) is 14.5 Å². The van der Waals surface area contributed by atoms with Crippen molar-refractivity contribution in [3.63, 3.8) is 0 Å². The van der Waals surface area contributed by atoms with Crippen LogP contribution in [0.1, 0.15) is 39.2 Å². The summed E-state index contributed by atoms with van der Waals surface area (Å²) in [5.74, 6) is 0.678. The summed E-state index contributed by atoms with van der Waals surface area (Å²) in [5, 5.41) is 0.132. The van der Waals surface area contributed by atoms with Crippen LogP contribution >= 0.6 is 11.3 Å². The molecule has 1 atom stereocenters. The number of carbonyl (C=O) groups excluding carboxylic acids is 1. The van der Waals surface area contributed by atoms with Crippen LogP contribution in [-0.4, -0.2) is 50.4 Å². The van der Waals surface area contributed by atoms with Crippen molar-refractivity contribution in [2.45, 2.75) is 56.3 Å². The van der Waals surface area contributed by atoms with Gasteiger partial charge in [-0.05, 0) is 69.5 Å². The third-order valence-corrected chi connectivity index (χ3v) is 9.04. The first-order valence-corrected chi connectivity index (χ1v) is 13.9. The van der Waals surface area contributed by atoms with Crippen LogP contribution in [-0.2, 0) is 25.8 Å². The Morgan fingerprint density at radius 3 is 2.65 bits per heavy atom. The van der Waals surface area contributed by atoms with Gasteiger partial charge < -0.3 is 9.47 Å². The third kappa shape index (κ3) is 5.42. The molecule has 1 aliphatic rings. The van der Waals surface area contributed by atoms with Gasteiger partial charge in [0.1, 0.15) is 5.75 Å². The number of rotatable bonds is 9. The van der Waals surface area contributed by atoms with Gasteiger partial charge in [-0.25, -0.2) is 13.4 Å². The standard InChI is InChI=1S/C25H30N2O5S2/c1-4-31-19-9-12-22-23(15-19)33-25(26-22)27(16-20-6-5-13-32-20)24(28)14-18-7-10-21(11-8-18)34(29,30)17(2)3/h7-12,15,17,20H,4-6,13-14,16H2,1-3H3. The van der Waals surface area contributed by atoms with Crippen molar-refractivity contribution in [1.82, 2.24) is 4.98 Å². The van der Waals surface area contributed by atoms with Crippen molar-refractivity contribution in [3.05, 3.63) is 48.0 Å². The van der Waals surface area contributed by atoms with E-state index < -0.39 is 15.1 Å². The molecule has 1 fully saturated rings. The highest BCUT2D eigenvalue weighted by molar-refractivity contribution is 7.92. The molecule has 3 aromatic rings. The molecule has 0 radical (unpaired) electrons. The van der Waals surface area contributed by atoms with Gasteiger partial charge in [0.2, 0.25) is 5.91 Å². The van der Waals surface area contributed by atoms with Crippen LogP contribution in [0.5, 0.6) is 5.75 Å². The maximum atomic E-state index is 13.4. The third-order valence-electron chi connectivity index (χ3n) is 5.83. The summed E-state index contributed by atoms with van der Waals surface area (Å²) in [6, 6.07) is 12.3. The molecule has 1 amide bonds. The second kappa shape index (κ2) is 10.4. The highest BCUT2D eigenvalue weighted by Crippen LogP contribution is 2.33. The lowest BCUT2D eigenvalue weighted by molar-refractivity contribution is -0.118. The summed E-state index contributed by atoms with van der Waals surface area (Å²) >= 11 is 1.46. The van der Waals surface area contributed by atoms with E-state index in [1.807, 2.05) is 25.1 Å². The van der Waals surface area contributed by atoms with Crippen molar-refractivity contribution >= 4 is 42.4 Å². The molecule has 1 aliphatic heterocycles. The van der Waals surface area contributed by atoms with Crippen LogP contribution in [0.2, 0.25) is 0 Å². The minimum Gasteiger partial charge on any atom is -0.494 e. The Balaban J connectivity index is 1.58. The largest absolute Gasteiger partial charge is 0.494 e. The number of amides is 1. The van der Waals surface area contributed by atoms with Gasteiger partial charge >= 0.3 is 0 Å². The number of benzene rings is 2. The molecule has 1 saturated heterocycles. The second-order valence-electron chi connectivity index (χ2n) is 8.61. The fraction of sp³-hybridized carbons (Fsp3) is 0.440. The lowest BCUT2D eigenvalue weighted by Crippen LogP contribution is -2.38. The molecule has 34 heavy (non-hydrogen) atoms. The van der Waals surface area contributed by atoms with Gasteiger partial charge in [-0.2, -0.15) is 0 Å². The molecule has 2 aromatic carbocycles. The summed E-state index contributed by atoms with van der Waals surface area (Å²) in [4.78, 5) is 20.1. The van der Waals surface area contributed by atoms with E-state index >= 15 is 0 Å². The van der Waals surface area contributed by atoms with Gasteiger partial charge in [0.15, 0.2) is 15.0 Å². The van der Waals surface area contributed by atoms with Crippen LogP contribution in [0.15, 0.2) is 47.4 Å². The quantitative estimate of drug-likeness (QED) is 0.424. The van der Waals surface area contributed by atoms with E-state index in [9.17, 15) is 13.2 Å². The number of fused-ring (bicyclic) bond motifs is 1. The topological polar surface area (TPSA) is 85.8 Å². The second-order valence-corrected chi connectivity index (χ2v) is 12.1. The fourth-order valence-corrected chi connectivity index (χ4v) is 5.96. The van der Waals surface area contributed by atoms with Gasteiger partial charge in [0.05, 0.1) is 46.0 Å². The maximum absolute atomic E-state index is 13.4. The highest BCUT2D eigenvalue weighted by Gasteiger charge is 2.27. The molecule has 4 rings (SSSR count).